The Morgan fingerprint density at radius 3 is 2.59 bits per heavy atom. The van der Waals surface area contributed by atoms with Crippen LogP contribution in [-0.4, -0.2) is 17.1 Å². The van der Waals surface area contributed by atoms with Crippen molar-refractivity contribution in [3.8, 4) is 6.07 Å². The van der Waals surface area contributed by atoms with E-state index in [0.29, 0.717) is 22.3 Å². The van der Waals surface area contributed by atoms with Crippen molar-refractivity contribution in [3.63, 3.8) is 0 Å². The second-order valence-electron chi connectivity index (χ2n) is 5.79. The topological polar surface area (TPSA) is 55.0 Å². The number of ether oxygens (including phenoxy) is 1. The third-order valence-electron chi connectivity index (χ3n) is 4.14. The van der Waals surface area contributed by atoms with Crippen molar-refractivity contribution >= 4 is 46.2 Å². The number of para-hydroxylation sites is 1. The van der Waals surface area contributed by atoms with Gasteiger partial charge in [-0.2, -0.15) is 5.26 Å². The summed E-state index contributed by atoms with van der Waals surface area (Å²) in [5, 5.41) is 11.2. The summed E-state index contributed by atoms with van der Waals surface area (Å²) in [6.45, 7) is 2.35. The van der Waals surface area contributed by atoms with Gasteiger partial charge in [0.25, 0.3) is 0 Å². The van der Waals surface area contributed by atoms with Crippen molar-refractivity contribution in [3.05, 3.63) is 75.4 Å². The highest BCUT2D eigenvalue weighted by Crippen LogP contribution is 2.33. The van der Waals surface area contributed by atoms with Gasteiger partial charge in [0, 0.05) is 16.0 Å². The van der Waals surface area contributed by atoms with Crippen LogP contribution < -0.4 is 0 Å². The van der Waals surface area contributed by atoms with Crippen LogP contribution in [0, 0.1) is 11.3 Å². The number of esters is 1. The Morgan fingerprint density at radius 2 is 1.89 bits per heavy atom. The largest absolute Gasteiger partial charge is 0.462 e. The number of fused-ring (bicyclic) bond motifs is 1. The van der Waals surface area contributed by atoms with E-state index in [1.165, 1.54) is 6.08 Å². The molecule has 0 bridgehead atoms. The SMILES string of the molecule is CCOC(=O)C(C#N)=Cc1c(Cl)n(Cc2ccccc2Cl)c2ccccc12. The summed E-state index contributed by atoms with van der Waals surface area (Å²) in [5.41, 5.74) is 2.31. The predicted octanol–water partition coefficient (Wildman–Crippen LogP) is 5.47. The zero-order valence-corrected chi connectivity index (χ0v) is 16.1. The van der Waals surface area contributed by atoms with E-state index in [1.54, 1.807) is 6.92 Å². The van der Waals surface area contributed by atoms with Gasteiger partial charge in [0.15, 0.2) is 0 Å². The second-order valence-corrected chi connectivity index (χ2v) is 6.55. The van der Waals surface area contributed by atoms with E-state index in [9.17, 15) is 10.1 Å². The molecule has 0 N–H and O–H groups in total. The van der Waals surface area contributed by atoms with Crippen molar-refractivity contribution < 1.29 is 9.53 Å². The Hall–Kier alpha value is -2.74. The summed E-state index contributed by atoms with van der Waals surface area (Å²) in [4.78, 5) is 12.0. The molecule has 1 aromatic heterocycles. The van der Waals surface area contributed by atoms with Crippen LogP contribution in [0.1, 0.15) is 18.1 Å². The average molecular weight is 399 g/mol. The number of aromatic nitrogens is 1. The molecule has 1 heterocycles. The highest BCUT2D eigenvalue weighted by atomic mass is 35.5. The van der Waals surface area contributed by atoms with E-state index >= 15 is 0 Å². The van der Waals surface area contributed by atoms with Gasteiger partial charge in [0.2, 0.25) is 0 Å². The fourth-order valence-corrected chi connectivity index (χ4v) is 3.38. The molecule has 0 unspecified atom stereocenters. The number of carbonyl (C=O) groups is 1. The Balaban J connectivity index is 2.15. The Kier molecular flexibility index (Phi) is 5.85. The van der Waals surface area contributed by atoms with Gasteiger partial charge in [0.1, 0.15) is 16.8 Å². The van der Waals surface area contributed by atoms with Gasteiger partial charge >= 0.3 is 5.97 Å². The highest BCUT2D eigenvalue weighted by molar-refractivity contribution is 6.33. The first-order chi connectivity index (χ1) is 13.1. The molecular weight excluding hydrogens is 383 g/mol. The first kappa shape index (κ1) is 19.0. The maximum atomic E-state index is 12.0. The fraction of sp³-hybridized carbons (Fsp3) is 0.143. The molecule has 0 fully saturated rings. The Labute approximate surface area is 167 Å². The van der Waals surface area contributed by atoms with Crippen LogP contribution in [0.2, 0.25) is 10.2 Å². The maximum Gasteiger partial charge on any atom is 0.348 e. The number of nitriles is 1. The van der Waals surface area contributed by atoms with Crippen LogP contribution >= 0.6 is 23.2 Å². The minimum absolute atomic E-state index is 0.0978. The van der Waals surface area contributed by atoms with Gasteiger partial charge in [-0.05, 0) is 30.7 Å². The number of benzene rings is 2. The second kappa shape index (κ2) is 8.30. The zero-order valence-electron chi connectivity index (χ0n) is 14.6. The minimum Gasteiger partial charge on any atom is -0.462 e. The van der Waals surface area contributed by atoms with Crippen molar-refractivity contribution in [2.75, 3.05) is 6.61 Å². The molecule has 3 aromatic rings. The molecule has 0 spiro atoms. The van der Waals surface area contributed by atoms with Crippen LogP contribution in [0.3, 0.4) is 0 Å². The Morgan fingerprint density at radius 1 is 1.19 bits per heavy atom. The van der Waals surface area contributed by atoms with Crippen LogP contribution in [0.4, 0.5) is 0 Å². The molecule has 3 rings (SSSR count). The monoisotopic (exact) mass is 398 g/mol. The molecule has 2 aromatic carbocycles. The number of hydrogen-bond donors (Lipinski definition) is 0. The summed E-state index contributed by atoms with van der Waals surface area (Å²) in [6, 6.07) is 17.1. The van der Waals surface area contributed by atoms with E-state index in [1.807, 2.05) is 59.2 Å². The van der Waals surface area contributed by atoms with Crippen molar-refractivity contribution in [2.24, 2.45) is 0 Å². The predicted molar refractivity (Wildman–Crippen MR) is 108 cm³/mol. The van der Waals surface area contributed by atoms with E-state index in [0.717, 1.165) is 16.5 Å². The zero-order chi connectivity index (χ0) is 19.4. The molecular formula is C21H16Cl2N2O2. The van der Waals surface area contributed by atoms with Crippen LogP contribution in [-0.2, 0) is 16.1 Å². The summed E-state index contributed by atoms with van der Waals surface area (Å²) < 4.78 is 6.85. The summed E-state index contributed by atoms with van der Waals surface area (Å²) in [5.74, 6) is -0.668. The molecule has 0 atom stereocenters. The molecule has 0 aliphatic carbocycles. The highest BCUT2D eigenvalue weighted by Gasteiger charge is 2.18. The summed E-state index contributed by atoms with van der Waals surface area (Å²) >= 11 is 12.9. The first-order valence-corrected chi connectivity index (χ1v) is 9.11. The maximum absolute atomic E-state index is 12.0. The lowest BCUT2D eigenvalue weighted by molar-refractivity contribution is -0.137. The normalized spacial score (nSPS) is 11.4. The first-order valence-electron chi connectivity index (χ1n) is 8.35. The minimum atomic E-state index is -0.668. The molecule has 0 amide bonds. The molecule has 27 heavy (non-hydrogen) atoms. The fourth-order valence-electron chi connectivity index (χ4n) is 2.88. The number of rotatable bonds is 5. The van der Waals surface area contributed by atoms with E-state index < -0.39 is 5.97 Å². The number of carbonyl (C=O) groups excluding carboxylic acids is 1. The third-order valence-corrected chi connectivity index (χ3v) is 4.91. The van der Waals surface area contributed by atoms with Crippen molar-refractivity contribution in [1.82, 2.24) is 4.57 Å². The molecule has 0 aliphatic heterocycles. The van der Waals surface area contributed by atoms with Gasteiger partial charge in [0.05, 0.1) is 18.7 Å². The van der Waals surface area contributed by atoms with E-state index in [2.05, 4.69) is 0 Å². The summed E-state index contributed by atoms with van der Waals surface area (Å²) in [7, 11) is 0. The molecule has 0 radical (unpaired) electrons. The smallest absolute Gasteiger partial charge is 0.348 e. The molecule has 0 saturated heterocycles. The van der Waals surface area contributed by atoms with Gasteiger partial charge in [-0.25, -0.2) is 4.79 Å². The lowest BCUT2D eigenvalue weighted by Crippen LogP contribution is -2.06. The average Bonchev–Trinajstić information content (AvgIpc) is 2.93. The molecule has 0 saturated carbocycles. The molecule has 6 heteroatoms. The van der Waals surface area contributed by atoms with E-state index in [-0.39, 0.29) is 12.2 Å². The standard InChI is InChI=1S/C21H16Cl2N2O2/c1-2-27-21(26)15(12-24)11-17-16-8-4-6-10-19(16)25(20(17)23)13-14-7-3-5-9-18(14)22/h3-11H,2,13H2,1H3. The van der Waals surface area contributed by atoms with Crippen LogP contribution in [0.15, 0.2) is 54.1 Å². The quantitative estimate of drug-likeness (QED) is 0.325. The van der Waals surface area contributed by atoms with Crippen molar-refractivity contribution in [2.45, 2.75) is 13.5 Å². The molecule has 4 nitrogen and oxygen atoms in total. The van der Waals surface area contributed by atoms with Gasteiger partial charge in [-0.15, -0.1) is 0 Å². The number of nitrogens with zero attached hydrogens (tertiary/aromatic N) is 2. The van der Waals surface area contributed by atoms with Gasteiger partial charge in [-0.1, -0.05) is 59.6 Å². The van der Waals surface area contributed by atoms with Gasteiger partial charge in [-0.3, -0.25) is 0 Å². The van der Waals surface area contributed by atoms with Crippen LogP contribution in [0.25, 0.3) is 17.0 Å². The number of hydrogen-bond acceptors (Lipinski definition) is 3. The summed E-state index contributed by atoms with van der Waals surface area (Å²) in [6.07, 6.45) is 1.48. The molecule has 136 valence electrons. The lowest BCUT2D eigenvalue weighted by Gasteiger charge is -2.09. The Bertz CT molecular complexity index is 1080. The van der Waals surface area contributed by atoms with E-state index in [4.69, 9.17) is 27.9 Å². The third kappa shape index (κ3) is 3.85. The number of halogens is 2. The van der Waals surface area contributed by atoms with Gasteiger partial charge < -0.3 is 9.30 Å². The van der Waals surface area contributed by atoms with Crippen LogP contribution in [0.5, 0.6) is 0 Å². The van der Waals surface area contributed by atoms with Crippen molar-refractivity contribution in [1.29, 1.82) is 5.26 Å². The molecule has 0 aliphatic rings. The lowest BCUT2D eigenvalue weighted by atomic mass is 10.1.